The van der Waals surface area contributed by atoms with E-state index in [4.69, 9.17) is 9.47 Å². The second kappa shape index (κ2) is 7.31. The number of fused-ring (bicyclic) bond motifs is 1. The normalized spacial score (nSPS) is 10.6. The van der Waals surface area contributed by atoms with E-state index in [1.165, 1.54) is 11.3 Å². The molecule has 3 aromatic rings. The van der Waals surface area contributed by atoms with E-state index in [0.717, 1.165) is 27.3 Å². The molecule has 0 atom stereocenters. The molecule has 0 unspecified atom stereocenters. The maximum absolute atomic E-state index is 12.2. The number of para-hydroxylation sites is 1. The van der Waals surface area contributed by atoms with Gasteiger partial charge in [-0.1, -0.05) is 29.5 Å². The Balaban J connectivity index is 1.64. The summed E-state index contributed by atoms with van der Waals surface area (Å²) in [7, 11) is 3.26. The van der Waals surface area contributed by atoms with Crippen LogP contribution in [0.25, 0.3) is 10.2 Å². The van der Waals surface area contributed by atoms with Crippen molar-refractivity contribution in [2.45, 2.75) is 12.8 Å². The minimum Gasteiger partial charge on any atom is -0.497 e. The molecule has 124 valence electrons. The van der Waals surface area contributed by atoms with Crippen LogP contribution in [-0.2, 0) is 11.2 Å². The summed E-state index contributed by atoms with van der Waals surface area (Å²) < 4.78 is 11.5. The van der Waals surface area contributed by atoms with E-state index in [1.807, 2.05) is 42.5 Å². The lowest BCUT2D eigenvalue weighted by atomic mass is 10.1. The highest BCUT2D eigenvalue weighted by molar-refractivity contribution is 7.22. The molecular weight excluding hydrogens is 324 g/mol. The first-order valence-electron chi connectivity index (χ1n) is 7.56. The Labute approximate surface area is 144 Å². The summed E-state index contributed by atoms with van der Waals surface area (Å²) in [6.07, 6.45) is 0.994. The third kappa shape index (κ3) is 3.65. The first-order chi connectivity index (χ1) is 11.7. The van der Waals surface area contributed by atoms with Crippen molar-refractivity contribution in [2.24, 2.45) is 0 Å². The zero-order valence-electron chi connectivity index (χ0n) is 13.5. The molecule has 1 N–H and O–H groups in total. The van der Waals surface area contributed by atoms with Crippen LogP contribution >= 0.6 is 11.3 Å². The summed E-state index contributed by atoms with van der Waals surface area (Å²) in [4.78, 5) is 16.6. The Hall–Kier alpha value is -2.60. The predicted octanol–water partition coefficient (Wildman–Crippen LogP) is 3.88. The SMILES string of the molecule is COc1ccc2nc(NC(=O)CCc3ccccc3OC)sc2c1. The van der Waals surface area contributed by atoms with Crippen molar-refractivity contribution >= 4 is 32.6 Å². The van der Waals surface area contributed by atoms with Crippen molar-refractivity contribution in [3.63, 3.8) is 0 Å². The van der Waals surface area contributed by atoms with Crippen molar-refractivity contribution in [2.75, 3.05) is 19.5 Å². The van der Waals surface area contributed by atoms with Crippen LogP contribution in [0.3, 0.4) is 0 Å². The number of thiazole rings is 1. The van der Waals surface area contributed by atoms with Crippen molar-refractivity contribution in [3.8, 4) is 11.5 Å². The zero-order valence-corrected chi connectivity index (χ0v) is 14.4. The number of hydrogen-bond acceptors (Lipinski definition) is 5. The summed E-state index contributed by atoms with van der Waals surface area (Å²) >= 11 is 1.44. The Morgan fingerprint density at radius 2 is 2.00 bits per heavy atom. The van der Waals surface area contributed by atoms with Crippen LogP contribution in [-0.4, -0.2) is 25.1 Å². The molecule has 0 aliphatic carbocycles. The lowest BCUT2D eigenvalue weighted by Gasteiger charge is -2.07. The summed E-state index contributed by atoms with van der Waals surface area (Å²) in [5, 5.41) is 3.46. The van der Waals surface area contributed by atoms with E-state index in [1.54, 1.807) is 14.2 Å². The molecule has 0 aliphatic rings. The molecule has 2 aromatic carbocycles. The second-order valence-electron chi connectivity index (χ2n) is 5.21. The van der Waals surface area contributed by atoms with Gasteiger partial charge >= 0.3 is 0 Å². The minimum atomic E-state index is -0.0630. The van der Waals surface area contributed by atoms with Gasteiger partial charge in [-0.25, -0.2) is 4.98 Å². The fraction of sp³-hybridized carbons (Fsp3) is 0.222. The number of amides is 1. The molecule has 0 saturated heterocycles. The Morgan fingerprint density at radius 3 is 2.79 bits per heavy atom. The highest BCUT2D eigenvalue weighted by Crippen LogP contribution is 2.29. The number of benzene rings is 2. The quantitative estimate of drug-likeness (QED) is 0.738. The lowest BCUT2D eigenvalue weighted by molar-refractivity contribution is -0.116. The average Bonchev–Trinajstić information content (AvgIpc) is 3.01. The molecular formula is C18H18N2O3S. The molecule has 0 bridgehead atoms. The number of nitrogens with zero attached hydrogens (tertiary/aromatic N) is 1. The topological polar surface area (TPSA) is 60.5 Å². The monoisotopic (exact) mass is 342 g/mol. The molecule has 24 heavy (non-hydrogen) atoms. The third-order valence-corrected chi connectivity index (χ3v) is 4.59. The molecule has 0 fully saturated rings. The number of aromatic nitrogens is 1. The smallest absolute Gasteiger partial charge is 0.226 e. The van der Waals surface area contributed by atoms with Crippen molar-refractivity contribution < 1.29 is 14.3 Å². The third-order valence-electron chi connectivity index (χ3n) is 3.66. The van der Waals surface area contributed by atoms with Gasteiger partial charge < -0.3 is 14.8 Å². The van der Waals surface area contributed by atoms with Crippen LogP contribution in [0.1, 0.15) is 12.0 Å². The van der Waals surface area contributed by atoms with Crippen LogP contribution in [0.4, 0.5) is 5.13 Å². The van der Waals surface area contributed by atoms with Gasteiger partial charge in [-0.2, -0.15) is 0 Å². The number of hydrogen-bond donors (Lipinski definition) is 1. The van der Waals surface area contributed by atoms with Gasteiger partial charge in [-0.3, -0.25) is 4.79 Å². The van der Waals surface area contributed by atoms with Gasteiger partial charge in [0.1, 0.15) is 11.5 Å². The van der Waals surface area contributed by atoms with E-state index in [0.29, 0.717) is 18.0 Å². The van der Waals surface area contributed by atoms with Crippen LogP contribution in [0.2, 0.25) is 0 Å². The van der Waals surface area contributed by atoms with E-state index in [2.05, 4.69) is 10.3 Å². The number of methoxy groups -OCH3 is 2. The van der Waals surface area contributed by atoms with Crippen LogP contribution in [0.5, 0.6) is 11.5 Å². The summed E-state index contributed by atoms with van der Waals surface area (Å²) in [5.41, 5.74) is 1.87. The number of anilines is 1. The number of rotatable bonds is 6. The molecule has 0 aliphatic heterocycles. The Morgan fingerprint density at radius 1 is 1.17 bits per heavy atom. The summed E-state index contributed by atoms with van der Waals surface area (Å²) in [5.74, 6) is 1.52. The van der Waals surface area contributed by atoms with Crippen LogP contribution in [0, 0.1) is 0 Å². The number of carbonyl (C=O) groups excluding carboxylic acids is 1. The highest BCUT2D eigenvalue weighted by Gasteiger charge is 2.10. The fourth-order valence-corrected chi connectivity index (χ4v) is 3.34. The molecule has 1 aromatic heterocycles. The van der Waals surface area contributed by atoms with Crippen molar-refractivity contribution in [3.05, 3.63) is 48.0 Å². The van der Waals surface area contributed by atoms with Gasteiger partial charge in [-0.15, -0.1) is 0 Å². The average molecular weight is 342 g/mol. The van der Waals surface area contributed by atoms with Crippen LogP contribution < -0.4 is 14.8 Å². The first-order valence-corrected chi connectivity index (χ1v) is 8.37. The Bertz CT molecular complexity index is 860. The van der Waals surface area contributed by atoms with E-state index < -0.39 is 0 Å². The van der Waals surface area contributed by atoms with Crippen molar-refractivity contribution in [1.29, 1.82) is 0 Å². The molecule has 5 nitrogen and oxygen atoms in total. The number of aryl methyl sites for hydroxylation is 1. The second-order valence-corrected chi connectivity index (χ2v) is 6.24. The highest BCUT2D eigenvalue weighted by atomic mass is 32.1. The maximum Gasteiger partial charge on any atom is 0.226 e. The molecule has 3 rings (SSSR count). The number of carbonyl (C=O) groups is 1. The molecule has 1 heterocycles. The summed E-state index contributed by atoms with van der Waals surface area (Å²) in [6.45, 7) is 0. The van der Waals surface area contributed by atoms with Gasteiger partial charge in [0.2, 0.25) is 5.91 Å². The molecule has 0 spiro atoms. The maximum atomic E-state index is 12.2. The predicted molar refractivity (Wildman–Crippen MR) is 96.1 cm³/mol. The number of ether oxygens (including phenoxy) is 2. The van der Waals surface area contributed by atoms with E-state index in [-0.39, 0.29) is 5.91 Å². The fourth-order valence-electron chi connectivity index (χ4n) is 2.42. The van der Waals surface area contributed by atoms with Gasteiger partial charge in [-0.05, 0) is 36.2 Å². The molecule has 1 amide bonds. The van der Waals surface area contributed by atoms with E-state index >= 15 is 0 Å². The first kappa shape index (κ1) is 16.3. The lowest BCUT2D eigenvalue weighted by Crippen LogP contribution is -2.12. The molecule has 6 heteroatoms. The van der Waals surface area contributed by atoms with Gasteiger partial charge in [0.15, 0.2) is 5.13 Å². The Kier molecular flexibility index (Phi) is 4.96. The van der Waals surface area contributed by atoms with Gasteiger partial charge in [0.25, 0.3) is 0 Å². The van der Waals surface area contributed by atoms with Crippen molar-refractivity contribution in [1.82, 2.24) is 4.98 Å². The minimum absolute atomic E-state index is 0.0630. The molecule has 0 saturated carbocycles. The zero-order chi connectivity index (χ0) is 16.9. The largest absolute Gasteiger partial charge is 0.497 e. The number of nitrogens with one attached hydrogen (secondary N) is 1. The van der Waals surface area contributed by atoms with E-state index in [9.17, 15) is 4.79 Å². The van der Waals surface area contributed by atoms with Gasteiger partial charge in [0, 0.05) is 6.42 Å². The molecule has 0 radical (unpaired) electrons. The summed E-state index contributed by atoms with van der Waals surface area (Å²) in [6, 6.07) is 13.4. The van der Waals surface area contributed by atoms with Crippen LogP contribution in [0.15, 0.2) is 42.5 Å². The van der Waals surface area contributed by atoms with Gasteiger partial charge in [0.05, 0.1) is 24.4 Å². The standard InChI is InChI=1S/C18H18N2O3S/c1-22-13-8-9-14-16(11-13)24-18(19-14)20-17(21)10-7-12-5-3-4-6-15(12)23-2/h3-6,8-9,11H,7,10H2,1-2H3,(H,19,20,21).